The van der Waals surface area contributed by atoms with Crippen LogP contribution in [0.4, 0.5) is 0 Å². The Morgan fingerprint density at radius 1 is 1.25 bits per heavy atom. The van der Waals surface area contributed by atoms with Crippen LogP contribution in [0.15, 0.2) is 0 Å². The SMILES string of the molecule is CC(C)S(=O)(=O)N1[C@@H]2CCC[C@@H]21. The second kappa shape index (κ2) is 2.45. The van der Waals surface area contributed by atoms with E-state index in [0.717, 1.165) is 12.8 Å². The maximum atomic E-state index is 11.6. The Labute approximate surface area is 73.8 Å². The Bertz CT molecular complexity index is 273. The van der Waals surface area contributed by atoms with Crippen molar-refractivity contribution in [1.29, 1.82) is 0 Å². The first-order valence-corrected chi connectivity index (χ1v) is 6.08. The van der Waals surface area contributed by atoms with Crippen molar-refractivity contribution < 1.29 is 8.42 Å². The van der Waals surface area contributed by atoms with Crippen molar-refractivity contribution in [2.24, 2.45) is 0 Å². The van der Waals surface area contributed by atoms with Gasteiger partial charge in [-0.3, -0.25) is 0 Å². The van der Waals surface area contributed by atoms with Crippen LogP contribution < -0.4 is 0 Å². The van der Waals surface area contributed by atoms with E-state index in [1.165, 1.54) is 6.42 Å². The van der Waals surface area contributed by atoms with Crippen LogP contribution in [-0.4, -0.2) is 30.1 Å². The van der Waals surface area contributed by atoms with Crippen LogP contribution in [0.1, 0.15) is 33.1 Å². The molecule has 70 valence electrons. The van der Waals surface area contributed by atoms with Crippen LogP contribution >= 0.6 is 0 Å². The Hall–Kier alpha value is -0.0900. The molecule has 2 rings (SSSR count). The molecule has 12 heavy (non-hydrogen) atoms. The summed E-state index contributed by atoms with van der Waals surface area (Å²) in [6.07, 6.45) is 3.37. The van der Waals surface area contributed by atoms with Crippen molar-refractivity contribution in [2.75, 3.05) is 0 Å². The summed E-state index contributed by atoms with van der Waals surface area (Å²) in [4.78, 5) is 0. The third-order valence-corrected chi connectivity index (χ3v) is 5.22. The molecule has 1 aliphatic carbocycles. The van der Waals surface area contributed by atoms with E-state index in [0.29, 0.717) is 12.1 Å². The van der Waals surface area contributed by atoms with Crippen LogP contribution in [0, 0.1) is 0 Å². The Morgan fingerprint density at radius 2 is 1.75 bits per heavy atom. The summed E-state index contributed by atoms with van der Waals surface area (Å²) in [5.74, 6) is 0. The largest absolute Gasteiger partial charge is 0.217 e. The molecule has 0 amide bonds. The molecule has 1 unspecified atom stereocenters. The molecule has 0 aromatic carbocycles. The molecule has 0 aromatic rings. The van der Waals surface area contributed by atoms with Crippen molar-refractivity contribution in [1.82, 2.24) is 4.31 Å². The number of nitrogens with zero attached hydrogens (tertiary/aromatic N) is 1. The van der Waals surface area contributed by atoms with Crippen LogP contribution in [0.25, 0.3) is 0 Å². The van der Waals surface area contributed by atoms with Gasteiger partial charge in [-0.1, -0.05) is 6.42 Å². The summed E-state index contributed by atoms with van der Waals surface area (Å²) >= 11 is 0. The molecule has 1 heterocycles. The lowest BCUT2D eigenvalue weighted by Gasteiger charge is -2.11. The predicted molar refractivity (Wildman–Crippen MR) is 47.3 cm³/mol. The van der Waals surface area contributed by atoms with E-state index in [1.54, 1.807) is 18.2 Å². The summed E-state index contributed by atoms with van der Waals surface area (Å²) in [5.41, 5.74) is 0. The molecule has 0 bridgehead atoms. The standard InChI is InChI=1S/C8H15NO2S/c1-6(2)12(10,11)9-7-4-3-5-8(7)9/h6-8H,3-5H2,1-2H3/t7-,8+,9?. The molecule has 0 N–H and O–H groups in total. The van der Waals surface area contributed by atoms with Crippen molar-refractivity contribution >= 4 is 10.0 Å². The quantitative estimate of drug-likeness (QED) is 0.607. The third kappa shape index (κ3) is 1.01. The van der Waals surface area contributed by atoms with Crippen molar-refractivity contribution in [2.45, 2.75) is 50.4 Å². The van der Waals surface area contributed by atoms with Gasteiger partial charge in [-0.15, -0.1) is 0 Å². The zero-order chi connectivity index (χ0) is 8.93. The number of sulfonamides is 1. The molecule has 0 aromatic heterocycles. The van der Waals surface area contributed by atoms with Gasteiger partial charge in [0.2, 0.25) is 10.0 Å². The van der Waals surface area contributed by atoms with E-state index >= 15 is 0 Å². The maximum Gasteiger partial charge on any atom is 0.217 e. The van der Waals surface area contributed by atoms with E-state index in [4.69, 9.17) is 0 Å². The van der Waals surface area contributed by atoms with Gasteiger partial charge in [0, 0.05) is 12.1 Å². The number of fused-ring (bicyclic) bond motifs is 1. The maximum absolute atomic E-state index is 11.6. The first kappa shape index (κ1) is 8.51. The summed E-state index contributed by atoms with van der Waals surface area (Å²) in [6.45, 7) is 3.51. The summed E-state index contributed by atoms with van der Waals surface area (Å²) in [5, 5.41) is -0.247. The molecule has 3 atom stereocenters. The van der Waals surface area contributed by atoms with Crippen LogP contribution in [0.5, 0.6) is 0 Å². The smallest absolute Gasteiger partial charge is 0.212 e. The van der Waals surface area contributed by atoms with E-state index in [2.05, 4.69) is 0 Å². The minimum absolute atomic E-state index is 0.247. The first-order valence-electron chi connectivity index (χ1n) is 4.57. The summed E-state index contributed by atoms with van der Waals surface area (Å²) in [7, 11) is -2.93. The number of piperidine rings is 1. The second-order valence-electron chi connectivity index (χ2n) is 3.99. The fraction of sp³-hybridized carbons (Fsp3) is 1.00. The Kier molecular flexibility index (Phi) is 1.74. The lowest BCUT2D eigenvalue weighted by atomic mass is 10.3. The summed E-state index contributed by atoms with van der Waals surface area (Å²) in [6, 6.07) is 0.745. The zero-order valence-electron chi connectivity index (χ0n) is 7.53. The molecule has 1 saturated carbocycles. The molecule has 2 fully saturated rings. The van der Waals surface area contributed by atoms with Gasteiger partial charge in [-0.05, 0) is 26.7 Å². The zero-order valence-corrected chi connectivity index (χ0v) is 8.34. The molecule has 1 saturated heterocycles. The number of hydrogen-bond donors (Lipinski definition) is 0. The van der Waals surface area contributed by atoms with Gasteiger partial charge in [0.05, 0.1) is 5.25 Å². The van der Waals surface area contributed by atoms with E-state index in [1.807, 2.05) is 0 Å². The van der Waals surface area contributed by atoms with Gasteiger partial charge < -0.3 is 0 Å². The van der Waals surface area contributed by atoms with E-state index < -0.39 is 10.0 Å². The topological polar surface area (TPSA) is 37.1 Å². The molecule has 3 nitrogen and oxygen atoms in total. The molecule has 1 aliphatic heterocycles. The lowest BCUT2D eigenvalue weighted by molar-refractivity contribution is 0.509. The van der Waals surface area contributed by atoms with Gasteiger partial charge in [0.25, 0.3) is 0 Å². The van der Waals surface area contributed by atoms with Crippen LogP contribution in [-0.2, 0) is 10.0 Å². The third-order valence-electron chi connectivity index (χ3n) is 2.90. The number of hydrogen-bond acceptors (Lipinski definition) is 2. The van der Waals surface area contributed by atoms with Crippen molar-refractivity contribution in [3.63, 3.8) is 0 Å². The molecule has 0 radical (unpaired) electrons. The molecular formula is C8H15NO2S. The Morgan fingerprint density at radius 3 is 2.17 bits per heavy atom. The van der Waals surface area contributed by atoms with Gasteiger partial charge in [-0.25, -0.2) is 8.42 Å². The highest BCUT2D eigenvalue weighted by Gasteiger charge is 2.57. The fourth-order valence-electron chi connectivity index (χ4n) is 2.11. The van der Waals surface area contributed by atoms with Crippen molar-refractivity contribution in [3.05, 3.63) is 0 Å². The van der Waals surface area contributed by atoms with E-state index in [9.17, 15) is 8.42 Å². The monoisotopic (exact) mass is 189 g/mol. The number of rotatable bonds is 2. The molecular weight excluding hydrogens is 174 g/mol. The van der Waals surface area contributed by atoms with E-state index in [-0.39, 0.29) is 5.25 Å². The lowest BCUT2D eigenvalue weighted by Crippen LogP contribution is -2.25. The minimum atomic E-state index is -2.93. The van der Waals surface area contributed by atoms with Gasteiger partial charge >= 0.3 is 0 Å². The normalized spacial score (nSPS) is 40.1. The van der Waals surface area contributed by atoms with Crippen LogP contribution in [0.2, 0.25) is 0 Å². The average Bonchev–Trinajstić information content (AvgIpc) is 2.48. The van der Waals surface area contributed by atoms with Crippen molar-refractivity contribution in [3.8, 4) is 0 Å². The highest BCUT2D eigenvalue weighted by Crippen LogP contribution is 2.45. The second-order valence-corrected chi connectivity index (χ2v) is 6.38. The van der Waals surface area contributed by atoms with Gasteiger partial charge in [0.1, 0.15) is 0 Å². The van der Waals surface area contributed by atoms with Crippen LogP contribution in [0.3, 0.4) is 0 Å². The average molecular weight is 189 g/mol. The molecule has 4 heteroatoms. The minimum Gasteiger partial charge on any atom is -0.212 e. The molecule has 0 spiro atoms. The highest BCUT2D eigenvalue weighted by molar-refractivity contribution is 7.90. The first-order chi connectivity index (χ1) is 5.55. The predicted octanol–water partition coefficient (Wildman–Crippen LogP) is 0.961. The van der Waals surface area contributed by atoms with Gasteiger partial charge in [-0.2, -0.15) is 4.31 Å². The highest BCUT2D eigenvalue weighted by atomic mass is 32.2. The Balaban J connectivity index is 2.14. The molecule has 2 aliphatic rings. The summed E-state index contributed by atoms with van der Waals surface area (Å²) < 4.78 is 25.0. The van der Waals surface area contributed by atoms with Gasteiger partial charge in [0.15, 0.2) is 0 Å². The fourth-order valence-corrected chi connectivity index (χ4v) is 3.78.